The van der Waals surface area contributed by atoms with Crippen LogP contribution < -0.4 is 10.2 Å². The normalized spacial score (nSPS) is 15.0. The van der Waals surface area contributed by atoms with Gasteiger partial charge in [-0.2, -0.15) is 0 Å². The van der Waals surface area contributed by atoms with Gasteiger partial charge in [0.25, 0.3) is 0 Å². The lowest BCUT2D eigenvalue weighted by molar-refractivity contribution is 0.122. The molecule has 1 aliphatic rings. The molecule has 0 unspecified atom stereocenters. The summed E-state index contributed by atoms with van der Waals surface area (Å²) in [7, 11) is 0. The third kappa shape index (κ3) is 2.98. The molecule has 0 bridgehead atoms. The average molecular weight is 309 g/mol. The number of hydrogen-bond acceptors (Lipinski definition) is 5. The maximum absolute atomic E-state index is 5.38. The Morgan fingerprint density at radius 1 is 1.17 bits per heavy atom. The van der Waals surface area contributed by atoms with E-state index in [4.69, 9.17) is 4.74 Å². The molecule has 3 heterocycles. The summed E-state index contributed by atoms with van der Waals surface area (Å²) in [5, 5.41) is 4.63. The zero-order chi connectivity index (χ0) is 15.5. The van der Waals surface area contributed by atoms with Gasteiger partial charge in [0.05, 0.1) is 13.2 Å². The molecule has 4 rings (SSSR count). The maximum atomic E-state index is 5.38. The quantitative estimate of drug-likeness (QED) is 0.775. The summed E-state index contributed by atoms with van der Waals surface area (Å²) < 4.78 is 5.38. The van der Waals surface area contributed by atoms with Crippen molar-refractivity contribution in [2.75, 3.05) is 36.5 Å². The molecule has 0 radical (unpaired) electrons. The highest BCUT2D eigenvalue weighted by Crippen LogP contribution is 2.20. The number of anilines is 2. The van der Waals surface area contributed by atoms with Crippen LogP contribution >= 0.6 is 0 Å². The number of para-hydroxylation sites is 1. The number of nitrogens with one attached hydrogen (secondary N) is 2. The Morgan fingerprint density at radius 2 is 2.04 bits per heavy atom. The molecule has 23 heavy (non-hydrogen) atoms. The van der Waals surface area contributed by atoms with Crippen molar-refractivity contribution in [1.82, 2.24) is 15.0 Å². The highest BCUT2D eigenvalue weighted by atomic mass is 16.5. The van der Waals surface area contributed by atoms with Gasteiger partial charge in [-0.3, -0.25) is 0 Å². The third-order valence-electron chi connectivity index (χ3n) is 4.12. The fraction of sp³-hybridized carbons (Fsp3) is 0.294. The van der Waals surface area contributed by atoms with E-state index in [0.717, 1.165) is 50.0 Å². The van der Waals surface area contributed by atoms with Crippen LogP contribution in [0.5, 0.6) is 0 Å². The van der Waals surface area contributed by atoms with Crippen molar-refractivity contribution in [3.05, 3.63) is 48.4 Å². The number of aromatic nitrogens is 3. The van der Waals surface area contributed by atoms with Crippen molar-refractivity contribution in [3.63, 3.8) is 0 Å². The van der Waals surface area contributed by atoms with Crippen LogP contribution in [0, 0.1) is 0 Å². The van der Waals surface area contributed by atoms with Crippen LogP contribution in [0.2, 0.25) is 0 Å². The first-order valence-corrected chi connectivity index (χ1v) is 7.84. The van der Waals surface area contributed by atoms with E-state index >= 15 is 0 Å². The summed E-state index contributed by atoms with van der Waals surface area (Å²) in [6.45, 7) is 3.98. The van der Waals surface area contributed by atoms with Gasteiger partial charge >= 0.3 is 0 Å². The Morgan fingerprint density at radius 3 is 2.96 bits per heavy atom. The molecule has 3 aromatic rings. The Labute approximate surface area is 134 Å². The number of ether oxygens (including phenoxy) is 1. The second-order valence-electron chi connectivity index (χ2n) is 5.57. The van der Waals surface area contributed by atoms with Gasteiger partial charge in [0.2, 0.25) is 0 Å². The summed E-state index contributed by atoms with van der Waals surface area (Å²) in [6.07, 6.45) is 3.66. The van der Waals surface area contributed by atoms with Gasteiger partial charge in [-0.25, -0.2) is 9.97 Å². The largest absolute Gasteiger partial charge is 0.378 e. The molecule has 0 atom stereocenters. The van der Waals surface area contributed by atoms with E-state index in [1.807, 2.05) is 18.3 Å². The van der Waals surface area contributed by atoms with Crippen LogP contribution in [0.25, 0.3) is 10.9 Å². The van der Waals surface area contributed by atoms with E-state index in [1.54, 1.807) is 6.33 Å². The Kier molecular flexibility index (Phi) is 3.81. The minimum absolute atomic E-state index is 0.726. The van der Waals surface area contributed by atoms with Gasteiger partial charge in [-0.05, 0) is 11.6 Å². The molecule has 2 N–H and O–H groups in total. The Balaban J connectivity index is 1.48. The lowest BCUT2D eigenvalue weighted by atomic mass is 10.2. The van der Waals surface area contributed by atoms with Crippen LogP contribution in [0.1, 0.15) is 5.56 Å². The van der Waals surface area contributed by atoms with E-state index in [0.29, 0.717) is 0 Å². The number of benzene rings is 1. The van der Waals surface area contributed by atoms with Crippen molar-refractivity contribution < 1.29 is 4.74 Å². The Hall–Kier alpha value is -2.60. The highest BCUT2D eigenvalue weighted by Gasteiger charge is 2.13. The lowest BCUT2D eigenvalue weighted by Gasteiger charge is -2.27. The fourth-order valence-electron chi connectivity index (χ4n) is 2.87. The van der Waals surface area contributed by atoms with Gasteiger partial charge in [0.15, 0.2) is 0 Å². The number of rotatable bonds is 4. The van der Waals surface area contributed by atoms with Crippen molar-refractivity contribution in [1.29, 1.82) is 0 Å². The molecule has 1 aliphatic heterocycles. The van der Waals surface area contributed by atoms with Crippen molar-refractivity contribution in [3.8, 4) is 0 Å². The zero-order valence-electron chi connectivity index (χ0n) is 12.8. The molecule has 6 nitrogen and oxygen atoms in total. The monoisotopic (exact) mass is 309 g/mol. The molecule has 2 aromatic heterocycles. The van der Waals surface area contributed by atoms with Crippen molar-refractivity contribution in [2.45, 2.75) is 6.54 Å². The van der Waals surface area contributed by atoms with Gasteiger partial charge in [0.1, 0.15) is 18.0 Å². The van der Waals surface area contributed by atoms with Crippen LogP contribution in [-0.4, -0.2) is 41.3 Å². The summed E-state index contributed by atoms with van der Waals surface area (Å²) in [5.74, 6) is 1.79. The number of morpholine rings is 1. The number of hydrogen-bond donors (Lipinski definition) is 2. The van der Waals surface area contributed by atoms with Crippen LogP contribution in [0.4, 0.5) is 11.6 Å². The summed E-state index contributed by atoms with van der Waals surface area (Å²) in [4.78, 5) is 14.2. The average Bonchev–Trinajstić information content (AvgIpc) is 3.04. The molecule has 1 aromatic carbocycles. The van der Waals surface area contributed by atoms with Crippen LogP contribution in [0.3, 0.4) is 0 Å². The van der Waals surface area contributed by atoms with Gasteiger partial charge in [-0.1, -0.05) is 18.2 Å². The van der Waals surface area contributed by atoms with E-state index in [2.05, 4.69) is 43.4 Å². The van der Waals surface area contributed by atoms with E-state index in [-0.39, 0.29) is 0 Å². The molecule has 0 spiro atoms. The molecule has 1 fully saturated rings. The van der Waals surface area contributed by atoms with Crippen molar-refractivity contribution in [2.24, 2.45) is 0 Å². The number of fused-ring (bicyclic) bond motifs is 1. The smallest absolute Gasteiger partial charge is 0.134 e. The fourth-order valence-corrected chi connectivity index (χ4v) is 2.87. The molecule has 0 saturated carbocycles. The second-order valence-corrected chi connectivity index (χ2v) is 5.57. The van der Waals surface area contributed by atoms with Crippen LogP contribution in [-0.2, 0) is 11.3 Å². The highest BCUT2D eigenvalue weighted by molar-refractivity contribution is 5.83. The molecule has 0 aliphatic carbocycles. The molecule has 1 saturated heterocycles. The standard InChI is InChI=1S/C17H19N5O/c1-2-4-15-14(3-1)13(10-18-15)11-19-16-9-17(21-12-20-16)22-5-7-23-8-6-22/h1-4,9-10,12,18H,5-8,11H2,(H,19,20,21). The van der Waals surface area contributed by atoms with Crippen molar-refractivity contribution >= 4 is 22.5 Å². The first-order valence-electron chi connectivity index (χ1n) is 7.84. The predicted octanol–water partition coefficient (Wildman–Crippen LogP) is 2.41. The summed E-state index contributed by atoms with van der Waals surface area (Å²) in [6, 6.07) is 10.3. The van der Waals surface area contributed by atoms with E-state index in [9.17, 15) is 0 Å². The van der Waals surface area contributed by atoms with E-state index in [1.165, 1.54) is 10.9 Å². The minimum atomic E-state index is 0.726. The topological polar surface area (TPSA) is 66.1 Å². The lowest BCUT2D eigenvalue weighted by Crippen LogP contribution is -2.36. The summed E-state index contributed by atoms with van der Waals surface area (Å²) in [5.41, 5.74) is 2.38. The third-order valence-corrected chi connectivity index (χ3v) is 4.12. The second kappa shape index (κ2) is 6.26. The molecule has 118 valence electrons. The molecular formula is C17H19N5O. The molecule has 6 heteroatoms. The number of nitrogens with zero attached hydrogens (tertiary/aromatic N) is 3. The zero-order valence-corrected chi connectivity index (χ0v) is 12.8. The predicted molar refractivity (Wildman–Crippen MR) is 90.7 cm³/mol. The first-order chi connectivity index (χ1) is 11.4. The number of H-pyrrole nitrogens is 1. The van der Waals surface area contributed by atoms with Gasteiger partial charge in [-0.15, -0.1) is 0 Å². The number of aromatic amines is 1. The van der Waals surface area contributed by atoms with Gasteiger partial charge in [0, 0.05) is 42.8 Å². The van der Waals surface area contributed by atoms with Gasteiger partial charge < -0.3 is 19.9 Å². The molecule has 0 amide bonds. The molecular weight excluding hydrogens is 290 g/mol. The first kappa shape index (κ1) is 14.0. The minimum Gasteiger partial charge on any atom is -0.378 e. The van der Waals surface area contributed by atoms with E-state index < -0.39 is 0 Å². The maximum Gasteiger partial charge on any atom is 0.134 e. The Bertz CT molecular complexity index is 794. The van der Waals surface area contributed by atoms with Crippen LogP contribution in [0.15, 0.2) is 42.9 Å². The SMILES string of the molecule is c1ccc2c(CNc3cc(N4CCOCC4)ncn3)c[nH]c2c1. The summed E-state index contributed by atoms with van der Waals surface area (Å²) >= 11 is 0.